The number of carboxylic acid groups (broad SMARTS) is 2. The summed E-state index contributed by atoms with van der Waals surface area (Å²) in [4.78, 5) is 21.2. The van der Waals surface area contributed by atoms with Crippen LogP contribution in [0.2, 0.25) is 0 Å². The number of aromatic carboxylic acids is 2. The Hall–Kier alpha value is -1.88. The molecular weight excluding hydrogens is 308 g/mol. The van der Waals surface area contributed by atoms with Gasteiger partial charge in [-0.1, -0.05) is 57.9 Å². The Morgan fingerprint density at radius 3 is 1.62 bits per heavy atom. The number of unbranched alkanes of at least 4 members (excludes halogenated alkanes) is 7. The van der Waals surface area contributed by atoms with E-state index in [2.05, 4.69) is 6.92 Å². The molecule has 24 heavy (non-hydrogen) atoms. The van der Waals surface area contributed by atoms with Crippen molar-refractivity contribution in [3.05, 3.63) is 34.9 Å². The zero-order valence-electron chi connectivity index (χ0n) is 14.8. The van der Waals surface area contributed by atoms with Gasteiger partial charge in [0.1, 0.15) is 0 Å². The van der Waals surface area contributed by atoms with E-state index in [1.165, 1.54) is 70.1 Å². The number of rotatable bonds is 10. The lowest BCUT2D eigenvalue weighted by atomic mass is 10.0. The summed E-state index contributed by atoms with van der Waals surface area (Å²) in [7, 11) is 0. The maximum absolute atomic E-state index is 10.6. The second-order valence-corrected chi connectivity index (χ2v) is 5.79. The monoisotopic (exact) mass is 338 g/mol. The molecule has 0 aliphatic heterocycles. The normalized spacial score (nSPS) is 9.96. The van der Waals surface area contributed by atoms with Crippen molar-refractivity contribution in [2.45, 2.75) is 65.2 Å². The van der Waals surface area contributed by atoms with Crippen LogP contribution in [-0.2, 0) is 0 Å². The number of aliphatic hydroxyl groups is 1. The summed E-state index contributed by atoms with van der Waals surface area (Å²) in [6, 6.07) is 4.17. The van der Waals surface area contributed by atoms with Gasteiger partial charge in [-0.3, -0.25) is 0 Å². The molecule has 0 radical (unpaired) electrons. The largest absolute Gasteiger partial charge is 0.478 e. The van der Waals surface area contributed by atoms with Crippen LogP contribution < -0.4 is 0 Å². The summed E-state index contributed by atoms with van der Waals surface area (Å²) < 4.78 is 0. The molecule has 0 bridgehead atoms. The fourth-order valence-corrected chi connectivity index (χ4v) is 2.34. The molecule has 0 atom stereocenters. The van der Waals surface area contributed by atoms with Crippen molar-refractivity contribution >= 4 is 11.9 Å². The molecule has 0 saturated carbocycles. The first-order chi connectivity index (χ1) is 11.5. The number of hydrogen-bond acceptors (Lipinski definition) is 3. The van der Waals surface area contributed by atoms with Crippen LogP contribution in [-0.4, -0.2) is 33.9 Å². The molecule has 0 aliphatic rings. The molecule has 0 spiro atoms. The summed E-state index contributed by atoms with van der Waals surface area (Å²) in [5, 5.41) is 25.9. The minimum atomic E-state index is -1.11. The molecule has 136 valence electrons. The van der Waals surface area contributed by atoms with E-state index in [4.69, 9.17) is 15.3 Å². The number of hydrogen-bond donors (Lipinski definition) is 3. The number of benzene rings is 1. The van der Waals surface area contributed by atoms with Gasteiger partial charge >= 0.3 is 11.9 Å². The molecule has 0 heterocycles. The van der Waals surface area contributed by atoms with Crippen LogP contribution in [0.1, 0.15) is 84.6 Å². The van der Waals surface area contributed by atoms with Gasteiger partial charge in [0, 0.05) is 6.61 Å². The lowest BCUT2D eigenvalue weighted by Crippen LogP contribution is -2.06. The van der Waals surface area contributed by atoms with E-state index < -0.39 is 11.9 Å². The van der Waals surface area contributed by atoms with Gasteiger partial charge in [0.2, 0.25) is 0 Å². The van der Waals surface area contributed by atoms with E-state index in [1.54, 1.807) is 0 Å². The van der Waals surface area contributed by atoms with Crippen LogP contribution in [0.25, 0.3) is 0 Å². The highest BCUT2D eigenvalue weighted by Gasteiger charge is 2.13. The first-order valence-electron chi connectivity index (χ1n) is 8.62. The molecule has 5 nitrogen and oxygen atoms in total. The average Bonchev–Trinajstić information content (AvgIpc) is 2.54. The molecule has 0 fully saturated rings. The van der Waals surface area contributed by atoms with Crippen LogP contribution >= 0.6 is 0 Å². The summed E-state index contributed by atoms with van der Waals surface area (Å²) in [5.74, 6) is -2.22. The van der Waals surface area contributed by atoms with Gasteiger partial charge in [-0.05, 0) is 31.0 Å². The van der Waals surface area contributed by atoms with E-state index in [0.717, 1.165) is 6.42 Å². The summed E-state index contributed by atoms with van der Waals surface area (Å²) in [6.07, 6.45) is 10.4. The van der Waals surface area contributed by atoms with E-state index in [9.17, 15) is 9.59 Å². The molecular formula is C19H30O5. The zero-order chi connectivity index (χ0) is 18.4. The Bertz CT molecular complexity index is 456. The number of carboxylic acids is 2. The maximum Gasteiger partial charge on any atom is 0.335 e. The first kappa shape index (κ1) is 22.1. The third-order valence-electron chi connectivity index (χ3n) is 3.81. The highest BCUT2D eigenvalue weighted by Crippen LogP contribution is 2.13. The Balaban J connectivity index is 0.000000449. The smallest absolute Gasteiger partial charge is 0.335 e. The van der Waals surface area contributed by atoms with Crippen molar-refractivity contribution in [3.8, 4) is 0 Å². The quantitative estimate of drug-likeness (QED) is 0.546. The first-order valence-corrected chi connectivity index (χ1v) is 8.62. The van der Waals surface area contributed by atoms with Gasteiger partial charge in [-0.25, -0.2) is 9.59 Å². The Morgan fingerprint density at radius 2 is 1.25 bits per heavy atom. The number of aliphatic hydroxyl groups excluding tert-OH is 1. The molecule has 0 aliphatic carbocycles. The molecule has 0 saturated heterocycles. The second-order valence-electron chi connectivity index (χ2n) is 5.79. The fourth-order valence-electron chi connectivity index (χ4n) is 2.34. The van der Waals surface area contributed by atoms with Gasteiger partial charge < -0.3 is 15.3 Å². The predicted molar refractivity (Wildman–Crippen MR) is 94.8 cm³/mol. The molecule has 1 aromatic carbocycles. The minimum Gasteiger partial charge on any atom is -0.478 e. The van der Waals surface area contributed by atoms with Crippen LogP contribution in [0.3, 0.4) is 0 Å². The van der Waals surface area contributed by atoms with Crippen molar-refractivity contribution in [2.75, 3.05) is 6.61 Å². The predicted octanol–water partition coefficient (Wildman–Crippen LogP) is 4.51. The molecule has 5 heteroatoms. The number of carbonyl (C=O) groups is 2. The molecule has 0 unspecified atom stereocenters. The van der Waals surface area contributed by atoms with Gasteiger partial charge in [-0.15, -0.1) is 0 Å². The Morgan fingerprint density at radius 1 is 0.833 bits per heavy atom. The van der Waals surface area contributed by atoms with Gasteiger partial charge in [0.15, 0.2) is 0 Å². The summed E-state index contributed by atoms with van der Waals surface area (Å²) in [5.41, 5.74) is 0.335. The van der Waals surface area contributed by atoms with Gasteiger partial charge in [0.05, 0.1) is 11.1 Å². The third kappa shape index (κ3) is 9.30. The van der Waals surface area contributed by atoms with Crippen LogP contribution in [0.5, 0.6) is 0 Å². The standard InChI is InChI=1S/C10H22O.C9H8O4/c1-2-3-4-5-6-7-8-9-10-11;1-5-6(8(10)11)3-2-4-7(5)9(12)13/h11H,2-10H2,1H3;2-4H,1H3,(H,10,11)(H,12,13). The highest BCUT2D eigenvalue weighted by atomic mass is 16.4. The summed E-state index contributed by atoms with van der Waals surface area (Å²) >= 11 is 0. The van der Waals surface area contributed by atoms with Crippen molar-refractivity contribution in [1.82, 2.24) is 0 Å². The van der Waals surface area contributed by atoms with Crippen LogP contribution in [0.15, 0.2) is 18.2 Å². The van der Waals surface area contributed by atoms with Crippen molar-refractivity contribution in [3.63, 3.8) is 0 Å². The topological polar surface area (TPSA) is 94.8 Å². The van der Waals surface area contributed by atoms with E-state index in [-0.39, 0.29) is 16.7 Å². The van der Waals surface area contributed by atoms with Gasteiger partial charge in [0.25, 0.3) is 0 Å². The lowest BCUT2D eigenvalue weighted by Gasteiger charge is -2.03. The summed E-state index contributed by atoms with van der Waals surface area (Å²) in [6.45, 7) is 4.09. The molecule has 0 amide bonds. The molecule has 1 aromatic rings. The molecule has 3 N–H and O–H groups in total. The van der Waals surface area contributed by atoms with E-state index in [0.29, 0.717) is 6.61 Å². The van der Waals surface area contributed by atoms with Crippen LogP contribution in [0.4, 0.5) is 0 Å². The second kappa shape index (κ2) is 13.5. The minimum absolute atomic E-state index is 0.0277. The zero-order valence-corrected chi connectivity index (χ0v) is 14.8. The van der Waals surface area contributed by atoms with Crippen LogP contribution in [0, 0.1) is 6.92 Å². The highest BCUT2D eigenvalue weighted by molar-refractivity contribution is 5.96. The fraction of sp³-hybridized carbons (Fsp3) is 0.579. The average molecular weight is 338 g/mol. The molecule has 0 aromatic heterocycles. The van der Waals surface area contributed by atoms with Crippen molar-refractivity contribution in [2.24, 2.45) is 0 Å². The van der Waals surface area contributed by atoms with E-state index in [1.807, 2.05) is 0 Å². The van der Waals surface area contributed by atoms with Gasteiger partial charge in [-0.2, -0.15) is 0 Å². The lowest BCUT2D eigenvalue weighted by molar-refractivity contribution is 0.0696. The van der Waals surface area contributed by atoms with Crippen molar-refractivity contribution < 1.29 is 24.9 Å². The maximum atomic E-state index is 10.6. The van der Waals surface area contributed by atoms with E-state index >= 15 is 0 Å². The molecule has 1 rings (SSSR count). The third-order valence-corrected chi connectivity index (χ3v) is 3.81. The Labute approximate surface area is 144 Å². The SMILES string of the molecule is CCCCCCCCCCO.Cc1c(C(=O)O)cccc1C(=O)O. The Kier molecular flexibility index (Phi) is 12.5. The van der Waals surface area contributed by atoms with Crippen molar-refractivity contribution in [1.29, 1.82) is 0 Å².